The molecule has 2 rings (SSSR count). The van der Waals surface area contributed by atoms with Gasteiger partial charge in [-0.15, -0.1) is 0 Å². The van der Waals surface area contributed by atoms with E-state index in [-0.39, 0.29) is 5.82 Å². The highest BCUT2D eigenvalue weighted by molar-refractivity contribution is 5.56. The Balaban J connectivity index is 2.13. The minimum Gasteiger partial charge on any atom is -0.340 e. The minimum atomic E-state index is -4.44. The summed E-state index contributed by atoms with van der Waals surface area (Å²) >= 11 is 0. The molecule has 0 saturated carbocycles. The fourth-order valence-corrected chi connectivity index (χ4v) is 1.73. The van der Waals surface area contributed by atoms with Crippen LogP contribution in [0.4, 0.5) is 24.7 Å². The van der Waals surface area contributed by atoms with Crippen molar-refractivity contribution in [3.63, 3.8) is 0 Å². The van der Waals surface area contributed by atoms with Crippen molar-refractivity contribution >= 4 is 11.5 Å². The standard InChI is InChI=1S/C14H14F3N3/c15-14(16,17)12-2-1-3-13(20-12)19-11-6-4-10(5-7-11)8-9-18/h1-7H,8-9,18H2,(H,19,20). The van der Waals surface area contributed by atoms with Gasteiger partial charge >= 0.3 is 6.18 Å². The van der Waals surface area contributed by atoms with Gasteiger partial charge in [0.15, 0.2) is 0 Å². The van der Waals surface area contributed by atoms with E-state index in [0.717, 1.165) is 18.1 Å². The second kappa shape index (κ2) is 5.92. The van der Waals surface area contributed by atoms with Crippen LogP contribution in [0.3, 0.4) is 0 Å². The molecule has 1 aromatic carbocycles. The van der Waals surface area contributed by atoms with Gasteiger partial charge in [0.25, 0.3) is 0 Å². The van der Waals surface area contributed by atoms with Crippen molar-refractivity contribution in [3.05, 3.63) is 53.7 Å². The SMILES string of the molecule is NCCc1ccc(Nc2cccc(C(F)(F)F)n2)cc1. The highest BCUT2D eigenvalue weighted by Gasteiger charge is 2.32. The van der Waals surface area contributed by atoms with Crippen molar-refractivity contribution in [3.8, 4) is 0 Å². The van der Waals surface area contributed by atoms with Crippen molar-refractivity contribution in [2.45, 2.75) is 12.6 Å². The van der Waals surface area contributed by atoms with Gasteiger partial charge in [0.2, 0.25) is 0 Å². The molecule has 6 heteroatoms. The first-order chi connectivity index (χ1) is 9.49. The van der Waals surface area contributed by atoms with Gasteiger partial charge < -0.3 is 11.1 Å². The highest BCUT2D eigenvalue weighted by atomic mass is 19.4. The van der Waals surface area contributed by atoms with Gasteiger partial charge in [0.1, 0.15) is 11.5 Å². The lowest BCUT2D eigenvalue weighted by Crippen LogP contribution is -2.08. The first-order valence-electron chi connectivity index (χ1n) is 6.09. The fraction of sp³-hybridized carbons (Fsp3) is 0.214. The lowest BCUT2D eigenvalue weighted by Gasteiger charge is -2.10. The van der Waals surface area contributed by atoms with E-state index in [4.69, 9.17) is 5.73 Å². The molecule has 0 aliphatic heterocycles. The zero-order valence-corrected chi connectivity index (χ0v) is 10.6. The zero-order valence-electron chi connectivity index (χ0n) is 10.6. The molecule has 3 N–H and O–H groups in total. The van der Waals surface area contributed by atoms with Gasteiger partial charge in [-0.05, 0) is 42.8 Å². The van der Waals surface area contributed by atoms with E-state index in [1.165, 1.54) is 12.1 Å². The maximum atomic E-state index is 12.5. The quantitative estimate of drug-likeness (QED) is 0.903. The predicted molar refractivity (Wildman–Crippen MR) is 71.7 cm³/mol. The van der Waals surface area contributed by atoms with Crippen LogP contribution in [0.25, 0.3) is 0 Å². The highest BCUT2D eigenvalue weighted by Crippen LogP contribution is 2.28. The van der Waals surface area contributed by atoms with E-state index in [0.29, 0.717) is 12.2 Å². The molecule has 20 heavy (non-hydrogen) atoms. The van der Waals surface area contributed by atoms with Crippen molar-refractivity contribution < 1.29 is 13.2 Å². The van der Waals surface area contributed by atoms with E-state index in [1.54, 1.807) is 12.1 Å². The molecule has 106 valence electrons. The number of anilines is 2. The smallest absolute Gasteiger partial charge is 0.340 e. The third-order valence-corrected chi connectivity index (χ3v) is 2.70. The van der Waals surface area contributed by atoms with Gasteiger partial charge in [-0.25, -0.2) is 4.98 Å². The summed E-state index contributed by atoms with van der Waals surface area (Å²) in [5, 5.41) is 2.84. The second-order valence-corrected chi connectivity index (χ2v) is 4.27. The largest absolute Gasteiger partial charge is 0.433 e. The van der Waals surface area contributed by atoms with Crippen LogP contribution in [-0.4, -0.2) is 11.5 Å². The molecular weight excluding hydrogens is 267 g/mol. The molecule has 3 nitrogen and oxygen atoms in total. The normalized spacial score (nSPS) is 11.4. The van der Waals surface area contributed by atoms with Crippen LogP contribution < -0.4 is 11.1 Å². The van der Waals surface area contributed by atoms with E-state index >= 15 is 0 Å². The van der Waals surface area contributed by atoms with Gasteiger partial charge in [0.05, 0.1) is 0 Å². The Morgan fingerprint density at radius 3 is 2.35 bits per heavy atom. The van der Waals surface area contributed by atoms with Gasteiger partial charge in [-0.3, -0.25) is 0 Å². The summed E-state index contributed by atoms with van der Waals surface area (Å²) < 4.78 is 37.6. The summed E-state index contributed by atoms with van der Waals surface area (Å²) in [6, 6.07) is 11.1. The van der Waals surface area contributed by atoms with Crippen molar-refractivity contribution in [2.75, 3.05) is 11.9 Å². The van der Waals surface area contributed by atoms with E-state index in [2.05, 4.69) is 10.3 Å². The molecule has 0 bridgehead atoms. The van der Waals surface area contributed by atoms with E-state index in [1.807, 2.05) is 12.1 Å². The number of nitrogens with zero attached hydrogens (tertiary/aromatic N) is 1. The van der Waals surface area contributed by atoms with Crippen LogP contribution in [0, 0.1) is 0 Å². The molecule has 1 heterocycles. The van der Waals surface area contributed by atoms with Crippen molar-refractivity contribution in [1.82, 2.24) is 4.98 Å². The lowest BCUT2D eigenvalue weighted by molar-refractivity contribution is -0.141. The molecule has 0 aliphatic carbocycles. The molecular formula is C14H14F3N3. The molecule has 0 spiro atoms. The maximum Gasteiger partial charge on any atom is 0.433 e. The van der Waals surface area contributed by atoms with Crippen LogP contribution in [0.5, 0.6) is 0 Å². The van der Waals surface area contributed by atoms with Gasteiger partial charge in [-0.2, -0.15) is 13.2 Å². The topological polar surface area (TPSA) is 50.9 Å². The third-order valence-electron chi connectivity index (χ3n) is 2.70. The Hall–Kier alpha value is -2.08. The average molecular weight is 281 g/mol. The van der Waals surface area contributed by atoms with Crippen LogP contribution in [0.15, 0.2) is 42.5 Å². The Morgan fingerprint density at radius 1 is 1.05 bits per heavy atom. The number of rotatable bonds is 4. The number of nitrogens with one attached hydrogen (secondary N) is 1. The van der Waals surface area contributed by atoms with E-state index in [9.17, 15) is 13.2 Å². The molecule has 0 unspecified atom stereocenters. The number of nitrogens with two attached hydrogens (primary N) is 1. The molecule has 0 fully saturated rings. The molecule has 0 amide bonds. The predicted octanol–water partition coefficient (Wildman–Crippen LogP) is 3.35. The summed E-state index contributed by atoms with van der Waals surface area (Å²) in [5.74, 6) is 0.159. The van der Waals surface area contributed by atoms with Crippen molar-refractivity contribution in [2.24, 2.45) is 5.73 Å². The summed E-state index contributed by atoms with van der Waals surface area (Å²) in [5.41, 5.74) is 6.29. The minimum absolute atomic E-state index is 0.159. The molecule has 0 saturated heterocycles. The fourth-order valence-electron chi connectivity index (χ4n) is 1.73. The van der Waals surface area contributed by atoms with Crippen LogP contribution >= 0.6 is 0 Å². The van der Waals surface area contributed by atoms with Gasteiger partial charge in [-0.1, -0.05) is 18.2 Å². The van der Waals surface area contributed by atoms with Crippen LogP contribution in [-0.2, 0) is 12.6 Å². The second-order valence-electron chi connectivity index (χ2n) is 4.27. The number of alkyl halides is 3. The Bertz CT molecular complexity index is 565. The zero-order chi connectivity index (χ0) is 14.6. The number of hydrogen-bond donors (Lipinski definition) is 2. The summed E-state index contributed by atoms with van der Waals surface area (Å²) in [6.45, 7) is 0.557. The molecule has 0 atom stereocenters. The number of hydrogen-bond acceptors (Lipinski definition) is 3. The van der Waals surface area contributed by atoms with E-state index < -0.39 is 11.9 Å². The molecule has 0 radical (unpaired) electrons. The monoisotopic (exact) mass is 281 g/mol. The summed E-state index contributed by atoms with van der Waals surface area (Å²) in [4.78, 5) is 3.54. The third kappa shape index (κ3) is 3.71. The maximum absolute atomic E-state index is 12.5. The number of pyridine rings is 1. The van der Waals surface area contributed by atoms with Gasteiger partial charge in [0, 0.05) is 5.69 Å². The number of benzene rings is 1. The number of halogens is 3. The molecule has 0 aliphatic rings. The Kier molecular flexibility index (Phi) is 4.24. The van der Waals surface area contributed by atoms with Crippen LogP contribution in [0.1, 0.15) is 11.3 Å². The molecule has 2 aromatic rings. The Labute approximate surface area is 114 Å². The summed E-state index contributed by atoms with van der Waals surface area (Å²) in [6.07, 6.45) is -3.68. The lowest BCUT2D eigenvalue weighted by atomic mass is 10.1. The number of aromatic nitrogens is 1. The molecule has 1 aromatic heterocycles. The average Bonchev–Trinajstić information content (AvgIpc) is 2.41. The first kappa shape index (κ1) is 14.3. The van der Waals surface area contributed by atoms with Crippen molar-refractivity contribution in [1.29, 1.82) is 0 Å². The van der Waals surface area contributed by atoms with Crippen LogP contribution in [0.2, 0.25) is 0 Å². The first-order valence-corrected chi connectivity index (χ1v) is 6.09. The summed E-state index contributed by atoms with van der Waals surface area (Å²) in [7, 11) is 0. The Morgan fingerprint density at radius 2 is 1.75 bits per heavy atom.